The van der Waals surface area contributed by atoms with Gasteiger partial charge in [0.15, 0.2) is 5.75 Å². The number of fused-ring (bicyclic) bond motifs is 1. The van der Waals surface area contributed by atoms with Crippen molar-refractivity contribution < 1.29 is 49.0 Å². The summed E-state index contributed by atoms with van der Waals surface area (Å²) in [6, 6.07) is 3.87. The molecule has 0 spiro atoms. The summed E-state index contributed by atoms with van der Waals surface area (Å²) >= 11 is 0. The molecule has 0 saturated carbocycles. The van der Waals surface area contributed by atoms with Crippen molar-refractivity contribution in [3.05, 3.63) is 28.6 Å². The number of esters is 1. The Hall–Kier alpha value is -2.70. The minimum atomic E-state index is -1.63. The summed E-state index contributed by atoms with van der Waals surface area (Å²) < 4.78 is 20.5. The number of benzene rings is 1. The molecule has 1 aromatic carbocycles. The molecule has 29 heavy (non-hydrogen) atoms. The smallest absolute Gasteiger partial charge is 0.383 e. The van der Waals surface area contributed by atoms with E-state index in [2.05, 4.69) is 0 Å². The monoisotopic (exact) mass is 412 g/mol. The van der Waals surface area contributed by atoms with Crippen LogP contribution >= 0.6 is 0 Å². The van der Waals surface area contributed by atoms with Crippen LogP contribution in [-0.2, 0) is 9.53 Å². The van der Waals surface area contributed by atoms with Gasteiger partial charge in [-0.25, -0.2) is 4.79 Å². The Balaban J connectivity index is 1.89. The van der Waals surface area contributed by atoms with Crippen LogP contribution in [0.5, 0.6) is 17.2 Å². The normalized spacial score (nSPS) is 27.0. The molecule has 3 rings (SSSR count). The predicted molar refractivity (Wildman–Crippen MR) is 94.5 cm³/mol. The van der Waals surface area contributed by atoms with E-state index in [9.17, 15) is 35.1 Å². The van der Waals surface area contributed by atoms with Gasteiger partial charge in [0, 0.05) is 12.5 Å². The van der Waals surface area contributed by atoms with Crippen molar-refractivity contribution >= 4 is 16.9 Å². The molecule has 5 N–H and O–H groups in total. The van der Waals surface area contributed by atoms with Crippen LogP contribution < -0.4 is 15.1 Å². The molecule has 11 nitrogen and oxygen atoms in total. The highest BCUT2D eigenvalue weighted by Gasteiger charge is 2.44. The van der Waals surface area contributed by atoms with Gasteiger partial charge in [-0.3, -0.25) is 4.79 Å². The van der Waals surface area contributed by atoms with Gasteiger partial charge in [0.1, 0.15) is 35.7 Å². The maximum Gasteiger partial charge on any atom is 0.383 e. The van der Waals surface area contributed by atoms with Crippen LogP contribution in [0.1, 0.15) is 13.3 Å². The van der Waals surface area contributed by atoms with E-state index in [1.165, 1.54) is 25.1 Å². The third-order valence-electron chi connectivity index (χ3n) is 4.42. The fraction of sp³-hybridized carbons (Fsp3) is 0.444. The van der Waals surface area contributed by atoms with Gasteiger partial charge in [-0.15, -0.1) is 0 Å². The number of hydrogen-bond acceptors (Lipinski definition) is 11. The van der Waals surface area contributed by atoms with E-state index >= 15 is 0 Å². The van der Waals surface area contributed by atoms with E-state index in [4.69, 9.17) is 18.6 Å². The minimum absolute atomic E-state index is 0.0111. The van der Waals surface area contributed by atoms with Gasteiger partial charge < -0.3 is 44.2 Å². The lowest BCUT2D eigenvalue weighted by molar-refractivity contribution is -0.277. The average molecular weight is 412 g/mol. The topological polar surface area (TPSA) is 176 Å². The fourth-order valence-electron chi connectivity index (χ4n) is 2.80. The van der Waals surface area contributed by atoms with Crippen LogP contribution in [0.15, 0.2) is 27.4 Å². The van der Waals surface area contributed by atoms with Crippen LogP contribution in [0.3, 0.4) is 0 Å². The molecule has 2 heterocycles. The van der Waals surface area contributed by atoms with Gasteiger partial charge in [-0.05, 0) is 12.1 Å². The van der Waals surface area contributed by atoms with Crippen LogP contribution in [0, 0.1) is 0 Å². The van der Waals surface area contributed by atoms with Gasteiger partial charge >= 0.3 is 11.6 Å². The van der Waals surface area contributed by atoms with Crippen molar-refractivity contribution in [3.63, 3.8) is 0 Å². The lowest BCUT2D eigenvalue weighted by Crippen LogP contribution is -2.60. The quantitative estimate of drug-likeness (QED) is 0.300. The number of aliphatic hydroxyl groups excluding tert-OH is 4. The summed E-state index contributed by atoms with van der Waals surface area (Å²) in [6.45, 7) is 0.898. The van der Waals surface area contributed by atoms with Crippen LogP contribution in [0.4, 0.5) is 0 Å². The van der Waals surface area contributed by atoms with Gasteiger partial charge in [-0.2, -0.15) is 0 Å². The number of carbonyl (C=O) groups excluding carboxylic acids is 1. The second kappa shape index (κ2) is 8.35. The number of ether oxygens (including phenoxy) is 3. The van der Waals surface area contributed by atoms with E-state index in [0.717, 1.165) is 0 Å². The highest BCUT2D eigenvalue weighted by Crippen LogP contribution is 2.34. The number of aliphatic hydroxyl groups is 4. The van der Waals surface area contributed by atoms with Crippen molar-refractivity contribution in [1.29, 1.82) is 0 Å². The minimum Gasteiger partial charge on any atom is -0.504 e. The molecule has 2 aromatic rings. The fourth-order valence-corrected chi connectivity index (χ4v) is 2.80. The lowest BCUT2D eigenvalue weighted by atomic mass is 9.99. The Morgan fingerprint density at radius 2 is 1.90 bits per heavy atom. The molecule has 0 aliphatic carbocycles. The average Bonchev–Trinajstić information content (AvgIpc) is 2.71. The first-order chi connectivity index (χ1) is 13.8. The van der Waals surface area contributed by atoms with E-state index in [-0.39, 0.29) is 23.1 Å². The van der Waals surface area contributed by atoms with Crippen LogP contribution in [0.25, 0.3) is 11.0 Å². The Labute approximate surface area is 163 Å². The summed E-state index contributed by atoms with van der Waals surface area (Å²) in [6.07, 6.45) is -7.39. The molecule has 1 aliphatic rings. The van der Waals surface area contributed by atoms with Gasteiger partial charge in [-0.1, -0.05) is 6.92 Å². The zero-order valence-electron chi connectivity index (χ0n) is 15.2. The summed E-state index contributed by atoms with van der Waals surface area (Å²) in [5.74, 6) is -1.92. The van der Waals surface area contributed by atoms with Crippen molar-refractivity contribution in [1.82, 2.24) is 0 Å². The molecule has 0 bridgehead atoms. The van der Waals surface area contributed by atoms with Crippen LogP contribution in [-0.4, -0.2) is 68.8 Å². The Bertz CT molecular complexity index is 951. The Morgan fingerprint density at radius 3 is 2.55 bits per heavy atom. The van der Waals surface area contributed by atoms with Crippen LogP contribution in [0.2, 0.25) is 0 Å². The second-order valence-electron chi connectivity index (χ2n) is 6.37. The van der Waals surface area contributed by atoms with E-state index in [1.54, 1.807) is 0 Å². The molecule has 0 unspecified atom stereocenters. The molecule has 5 atom stereocenters. The highest BCUT2D eigenvalue weighted by molar-refractivity contribution is 5.87. The molecule has 0 radical (unpaired) electrons. The summed E-state index contributed by atoms with van der Waals surface area (Å²) in [4.78, 5) is 23.4. The van der Waals surface area contributed by atoms with E-state index in [1.807, 2.05) is 0 Å². The van der Waals surface area contributed by atoms with E-state index < -0.39 is 60.4 Å². The number of carbonyl (C=O) groups is 1. The van der Waals surface area contributed by atoms with Crippen molar-refractivity contribution in [3.8, 4) is 17.2 Å². The molecular formula is C18H20O11. The first kappa shape index (κ1) is 21.0. The molecule has 11 heteroatoms. The molecule has 158 valence electrons. The summed E-state index contributed by atoms with van der Waals surface area (Å²) in [5.41, 5.74) is -1.19. The van der Waals surface area contributed by atoms with E-state index in [0.29, 0.717) is 0 Å². The number of aromatic hydroxyl groups is 1. The Kier molecular flexibility index (Phi) is 6.05. The van der Waals surface area contributed by atoms with Crippen molar-refractivity contribution in [2.24, 2.45) is 0 Å². The summed E-state index contributed by atoms with van der Waals surface area (Å²) in [7, 11) is 0. The third kappa shape index (κ3) is 4.04. The Morgan fingerprint density at radius 1 is 1.17 bits per heavy atom. The molecule has 0 amide bonds. The zero-order chi connectivity index (χ0) is 21.3. The molecule has 1 aromatic heterocycles. The maximum absolute atomic E-state index is 12.0. The highest BCUT2D eigenvalue weighted by atomic mass is 16.7. The van der Waals surface area contributed by atoms with Gasteiger partial charge in [0.25, 0.3) is 5.75 Å². The predicted octanol–water partition coefficient (Wildman–Crippen LogP) is -1.01. The van der Waals surface area contributed by atoms with Gasteiger partial charge in [0.2, 0.25) is 6.29 Å². The van der Waals surface area contributed by atoms with Crippen molar-refractivity contribution in [2.45, 2.75) is 44.1 Å². The van der Waals surface area contributed by atoms with Gasteiger partial charge in [0.05, 0.1) is 12.0 Å². The zero-order valence-corrected chi connectivity index (χ0v) is 15.2. The second-order valence-corrected chi connectivity index (χ2v) is 6.37. The molecule has 1 saturated heterocycles. The number of hydrogen-bond donors (Lipinski definition) is 5. The first-order valence-corrected chi connectivity index (χ1v) is 8.74. The SMILES string of the molecule is CCC(=O)Oc1c(O)c2ccc(O[C@@H]3O[C@H](CO)[C@@H](O)[C@H](O)[C@H]3O)cc2oc1=O. The first-order valence-electron chi connectivity index (χ1n) is 8.74. The molecular weight excluding hydrogens is 392 g/mol. The van der Waals surface area contributed by atoms with Crippen molar-refractivity contribution in [2.75, 3.05) is 6.61 Å². The summed E-state index contributed by atoms with van der Waals surface area (Å²) in [5, 5.41) is 49.1. The third-order valence-corrected chi connectivity index (χ3v) is 4.42. The lowest BCUT2D eigenvalue weighted by Gasteiger charge is -2.39. The number of rotatable bonds is 5. The molecule has 1 aliphatic heterocycles. The largest absolute Gasteiger partial charge is 0.504 e. The maximum atomic E-state index is 12.0. The molecule has 1 fully saturated rings. The standard InChI is InChI=1S/C18H20O11/c1-2-11(20)29-16-12(21)8-4-3-7(5-9(8)27-17(16)25)26-18-15(24)14(23)13(22)10(6-19)28-18/h3-5,10,13-15,18-19,21-24H,2,6H2,1H3/t10-,13-,14+,15-,18-/m1/s1.